The molecule has 0 unspecified atom stereocenters. The maximum absolute atomic E-state index is 9.86. The fourth-order valence-electron chi connectivity index (χ4n) is 3.28. The number of hydrogen-bond acceptors (Lipinski definition) is 4. The fourth-order valence-corrected chi connectivity index (χ4v) is 3.28. The van der Waals surface area contributed by atoms with Crippen molar-refractivity contribution in [2.24, 2.45) is 0 Å². The minimum atomic E-state index is 0.0392. The van der Waals surface area contributed by atoms with Gasteiger partial charge >= 0.3 is 0 Å². The van der Waals surface area contributed by atoms with E-state index in [9.17, 15) is 5.11 Å². The molecule has 0 saturated carbocycles. The van der Waals surface area contributed by atoms with Crippen molar-refractivity contribution >= 4 is 0 Å². The van der Waals surface area contributed by atoms with Gasteiger partial charge in [0.05, 0.1) is 18.1 Å². The van der Waals surface area contributed by atoms with Crippen LogP contribution >= 0.6 is 0 Å². The van der Waals surface area contributed by atoms with Crippen LogP contribution in [0.2, 0.25) is 0 Å². The summed E-state index contributed by atoms with van der Waals surface area (Å²) in [5, 5.41) is 9.86. The van der Waals surface area contributed by atoms with Crippen LogP contribution in [0.1, 0.15) is 28.6 Å². The number of aromatic amines is 1. The van der Waals surface area contributed by atoms with Crippen molar-refractivity contribution in [1.82, 2.24) is 19.9 Å². The number of nitrogens with one attached hydrogen (secondary N) is 1. The van der Waals surface area contributed by atoms with E-state index in [-0.39, 0.29) is 11.8 Å². The number of phenolic OH excluding ortho intramolecular Hbond substituents is 1. The van der Waals surface area contributed by atoms with Gasteiger partial charge in [-0.15, -0.1) is 0 Å². The monoisotopic (exact) mass is 306 g/mol. The second-order valence-electron chi connectivity index (χ2n) is 5.85. The molecule has 23 heavy (non-hydrogen) atoms. The van der Waals surface area contributed by atoms with Gasteiger partial charge in [0.15, 0.2) is 0 Å². The van der Waals surface area contributed by atoms with Gasteiger partial charge in [-0.1, -0.05) is 18.2 Å². The Labute approximate surface area is 134 Å². The number of rotatable bonds is 3. The predicted molar refractivity (Wildman–Crippen MR) is 86.9 cm³/mol. The van der Waals surface area contributed by atoms with Crippen LogP contribution < -0.4 is 0 Å². The fraction of sp³-hybridized carbons (Fsp3) is 0.222. The number of fused-ring (bicyclic) bond motifs is 1. The van der Waals surface area contributed by atoms with Crippen molar-refractivity contribution in [2.75, 3.05) is 6.54 Å². The predicted octanol–water partition coefficient (Wildman–Crippen LogP) is 2.66. The van der Waals surface area contributed by atoms with Crippen LogP contribution in [0.3, 0.4) is 0 Å². The topological polar surface area (TPSA) is 65.0 Å². The molecule has 1 aromatic carbocycles. The molecule has 3 aromatic rings. The van der Waals surface area contributed by atoms with E-state index in [0.29, 0.717) is 0 Å². The lowest BCUT2D eigenvalue weighted by molar-refractivity contribution is 0.200. The highest BCUT2D eigenvalue weighted by Crippen LogP contribution is 2.35. The molecule has 0 saturated heterocycles. The van der Waals surface area contributed by atoms with Crippen LogP contribution in [-0.2, 0) is 13.0 Å². The van der Waals surface area contributed by atoms with E-state index in [1.54, 1.807) is 18.6 Å². The summed E-state index contributed by atoms with van der Waals surface area (Å²) in [6, 6.07) is 11.5. The Balaban J connectivity index is 1.73. The molecule has 1 aliphatic rings. The Morgan fingerprint density at radius 3 is 3.04 bits per heavy atom. The maximum atomic E-state index is 9.86. The van der Waals surface area contributed by atoms with Gasteiger partial charge in [-0.2, -0.15) is 0 Å². The molecule has 5 heteroatoms. The lowest BCUT2D eigenvalue weighted by Gasteiger charge is -2.35. The average Bonchev–Trinajstić information content (AvgIpc) is 3.04. The Kier molecular flexibility index (Phi) is 3.55. The summed E-state index contributed by atoms with van der Waals surface area (Å²) in [6.07, 6.45) is 6.40. The van der Waals surface area contributed by atoms with E-state index in [1.165, 1.54) is 11.3 Å². The maximum Gasteiger partial charge on any atom is 0.115 e. The molecule has 0 aliphatic carbocycles. The molecule has 4 rings (SSSR count). The van der Waals surface area contributed by atoms with E-state index >= 15 is 0 Å². The van der Waals surface area contributed by atoms with Gasteiger partial charge in [0.2, 0.25) is 0 Å². The summed E-state index contributed by atoms with van der Waals surface area (Å²) in [7, 11) is 0. The highest BCUT2D eigenvalue weighted by atomic mass is 16.3. The number of hydrogen-bond donors (Lipinski definition) is 2. The number of benzene rings is 1. The first-order chi connectivity index (χ1) is 11.3. The first kappa shape index (κ1) is 14.0. The van der Waals surface area contributed by atoms with E-state index in [4.69, 9.17) is 0 Å². The van der Waals surface area contributed by atoms with Crippen molar-refractivity contribution in [3.05, 3.63) is 77.6 Å². The number of nitrogens with zero attached hydrogens (tertiary/aromatic N) is 3. The molecule has 1 atom stereocenters. The number of aromatic hydroxyl groups is 1. The minimum absolute atomic E-state index is 0.0392. The molecular weight excluding hydrogens is 288 g/mol. The molecule has 3 heterocycles. The molecule has 1 aliphatic heterocycles. The van der Waals surface area contributed by atoms with E-state index in [1.807, 2.05) is 30.5 Å². The van der Waals surface area contributed by atoms with Gasteiger partial charge in [0, 0.05) is 37.6 Å². The summed E-state index contributed by atoms with van der Waals surface area (Å²) < 4.78 is 0. The molecular formula is C18H18N4O. The summed E-state index contributed by atoms with van der Waals surface area (Å²) in [5.41, 5.74) is 4.46. The van der Waals surface area contributed by atoms with Crippen molar-refractivity contribution in [3.8, 4) is 5.75 Å². The molecule has 0 amide bonds. The van der Waals surface area contributed by atoms with E-state index in [2.05, 4.69) is 25.9 Å². The number of imidazole rings is 1. The smallest absolute Gasteiger partial charge is 0.115 e. The Morgan fingerprint density at radius 1 is 1.26 bits per heavy atom. The van der Waals surface area contributed by atoms with Gasteiger partial charge < -0.3 is 10.1 Å². The zero-order valence-corrected chi connectivity index (χ0v) is 12.7. The number of pyridine rings is 1. The molecule has 2 aromatic heterocycles. The summed E-state index contributed by atoms with van der Waals surface area (Å²) in [4.78, 5) is 14.4. The van der Waals surface area contributed by atoms with Crippen LogP contribution in [0.15, 0.2) is 55.1 Å². The largest absolute Gasteiger partial charge is 0.508 e. The number of aromatic nitrogens is 3. The third-order valence-corrected chi connectivity index (χ3v) is 4.32. The van der Waals surface area contributed by atoms with E-state index in [0.717, 1.165) is 30.8 Å². The highest BCUT2D eigenvalue weighted by molar-refractivity contribution is 5.37. The summed E-state index contributed by atoms with van der Waals surface area (Å²) in [6.45, 7) is 1.74. The van der Waals surface area contributed by atoms with E-state index < -0.39 is 0 Å². The quantitative estimate of drug-likeness (QED) is 0.781. The van der Waals surface area contributed by atoms with Crippen LogP contribution in [-0.4, -0.2) is 31.5 Å². The average molecular weight is 306 g/mol. The number of phenols is 1. The molecule has 0 fully saturated rings. The first-order valence-corrected chi connectivity index (χ1v) is 7.75. The molecule has 5 nitrogen and oxygen atoms in total. The van der Waals surface area contributed by atoms with Crippen molar-refractivity contribution < 1.29 is 5.11 Å². The second-order valence-corrected chi connectivity index (χ2v) is 5.85. The third kappa shape index (κ3) is 2.71. The third-order valence-electron chi connectivity index (χ3n) is 4.32. The Bertz CT molecular complexity index is 800. The van der Waals surface area contributed by atoms with Crippen LogP contribution in [0, 0.1) is 0 Å². The highest BCUT2D eigenvalue weighted by Gasteiger charge is 2.31. The van der Waals surface area contributed by atoms with Crippen LogP contribution in [0.4, 0.5) is 0 Å². The standard InChI is InChI=1S/C18H18N4O/c23-15-5-1-4-14(9-15)18-17-16(20-12-21-17)6-8-22(18)11-13-3-2-7-19-10-13/h1-5,7,9-10,12,18,23H,6,8,11H2,(H,20,21)/t18-/m1/s1. The van der Waals surface area contributed by atoms with Gasteiger partial charge in [0.25, 0.3) is 0 Å². The second kappa shape index (κ2) is 5.85. The van der Waals surface area contributed by atoms with Crippen LogP contribution in [0.5, 0.6) is 5.75 Å². The lowest BCUT2D eigenvalue weighted by atomic mass is 9.95. The van der Waals surface area contributed by atoms with Crippen molar-refractivity contribution in [2.45, 2.75) is 19.0 Å². The Morgan fingerprint density at radius 2 is 2.22 bits per heavy atom. The van der Waals surface area contributed by atoms with Crippen molar-refractivity contribution in [3.63, 3.8) is 0 Å². The zero-order valence-electron chi connectivity index (χ0n) is 12.7. The first-order valence-electron chi connectivity index (χ1n) is 7.75. The van der Waals surface area contributed by atoms with Gasteiger partial charge in [-0.25, -0.2) is 4.98 Å². The van der Waals surface area contributed by atoms with Gasteiger partial charge in [-0.05, 0) is 29.3 Å². The molecule has 0 spiro atoms. The normalized spacial score (nSPS) is 17.8. The summed E-state index contributed by atoms with van der Waals surface area (Å²) >= 11 is 0. The van der Waals surface area contributed by atoms with Crippen molar-refractivity contribution in [1.29, 1.82) is 0 Å². The molecule has 2 N–H and O–H groups in total. The SMILES string of the molecule is Oc1cccc([C@@H]2c3nc[nH]c3CCN2Cc2cccnc2)c1. The zero-order chi connectivity index (χ0) is 15.6. The minimum Gasteiger partial charge on any atom is -0.508 e. The molecule has 0 radical (unpaired) electrons. The lowest BCUT2D eigenvalue weighted by Crippen LogP contribution is -2.35. The van der Waals surface area contributed by atoms with Gasteiger partial charge in [0.1, 0.15) is 5.75 Å². The Hall–Kier alpha value is -2.66. The molecule has 0 bridgehead atoms. The van der Waals surface area contributed by atoms with Crippen LogP contribution in [0.25, 0.3) is 0 Å². The number of H-pyrrole nitrogens is 1. The van der Waals surface area contributed by atoms with Gasteiger partial charge in [-0.3, -0.25) is 9.88 Å². The molecule has 116 valence electrons. The summed E-state index contributed by atoms with van der Waals surface area (Å²) in [5.74, 6) is 0.284.